The maximum absolute atomic E-state index is 11.9. The van der Waals surface area contributed by atoms with Gasteiger partial charge in [-0.25, -0.2) is 0 Å². The Hall–Kier alpha value is -1.75. The molecule has 1 aliphatic heterocycles. The van der Waals surface area contributed by atoms with E-state index in [0.717, 1.165) is 12.8 Å². The third-order valence-corrected chi connectivity index (χ3v) is 3.49. The number of carbonyl (C=O) groups is 1. The average Bonchev–Trinajstić information content (AvgIpc) is 2.39. The number of nitrogens with two attached hydrogens (primary N) is 1. The summed E-state index contributed by atoms with van der Waals surface area (Å²) in [4.78, 5) is 11.9. The summed E-state index contributed by atoms with van der Waals surface area (Å²) >= 11 is 0. The summed E-state index contributed by atoms with van der Waals surface area (Å²) in [5.74, 6) is 0.702. The van der Waals surface area contributed by atoms with Gasteiger partial charge in [0.05, 0.1) is 13.0 Å². The van der Waals surface area contributed by atoms with Gasteiger partial charge in [0.15, 0.2) is 0 Å². The van der Waals surface area contributed by atoms with Gasteiger partial charge >= 0.3 is 0 Å². The van der Waals surface area contributed by atoms with Crippen LogP contribution < -0.4 is 15.8 Å². The lowest BCUT2D eigenvalue weighted by Crippen LogP contribution is -2.49. The van der Waals surface area contributed by atoms with Gasteiger partial charge in [0.2, 0.25) is 5.91 Å². The Bertz CT molecular complexity index is 456. The number of carbonyl (C=O) groups excluding carboxylic acids is 1. The molecule has 1 fully saturated rings. The van der Waals surface area contributed by atoms with Crippen molar-refractivity contribution in [2.45, 2.75) is 31.7 Å². The molecule has 2 rings (SSSR count). The minimum absolute atomic E-state index is 0.0123. The first kappa shape index (κ1) is 14.7. The molecule has 0 spiro atoms. The Morgan fingerprint density at radius 3 is 2.90 bits per heavy atom. The van der Waals surface area contributed by atoms with E-state index in [2.05, 4.69) is 12.2 Å². The van der Waals surface area contributed by atoms with Crippen LogP contribution in [0.4, 0.5) is 5.69 Å². The Morgan fingerprint density at radius 1 is 1.45 bits per heavy atom. The van der Waals surface area contributed by atoms with Crippen molar-refractivity contribution in [3.8, 4) is 5.75 Å². The van der Waals surface area contributed by atoms with Crippen LogP contribution in [-0.4, -0.2) is 31.3 Å². The molecule has 1 heterocycles. The minimum Gasteiger partial charge on any atom is -0.493 e. The van der Waals surface area contributed by atoms with Crippen molar-refractivity contribution in [2.75, 3.05) is 25.6 Å². The van der Waals surface area contributed by atoms with Crippen LogP contribution in [0, 0.1) is 0 Å². The van der Waals surface area contributed by atoms with Gasteiger partial charge in [0.1, 0.15) is 5.75 Å². The highest BCUT2D eigenvalue weighted by molar-refractivity contribution is 5.76. The number of nitrogen functional groups attached to an aromatic ring is 1. The first-order chi connectivity index (χ1) is 9.57. The number of benzene rings is 1. The molecule has 0 aliphatic carbocycles. The van der Waals surface area contributed by atoms with E-state index in [1.54, 1.807) is 12.1 Å². The van der Waals surface area contributed by atoms with Crippen LogP contribution in [0.3, 0.4) is 0 Å². The molecule has 0 radical (unpaired) electrons. The van der Waals surface area contributed by atoms with Crippen LogP contribution >= 0.6 is 0 Å². The lowest BCUT2D eigenvalue weighted by Gasteiger charge is -2.34. The number of anilines is 1. The zero-order valence-electron chi connectivity index (χ0n) is 11.9. The summed E-state index contributed by atoms with van der Waals surface area (Å²) in [5.41, 5.74) is 6.17. The number of rotatable bonds is 5. The predicted octanol–water partition coefficient (Wildman–Crippen LogP) is 1.72. The molecule has 0 bridgehead atoms. The molecule has 0 unspecified atom stereocenters. The maximum Gasteiger partial charge on any atom is 0.223 e. The third-order valence-electron chi connectivity index (χ3n) is 3.49. The largest absolute Gasteiger partial charge is 0.493 e. The molecule has 1 aliphatic rings. The number of nitrogens with one attached hydrogen (secondary N) is 1. The van der Waals surface area contributed by atoms with Gasteiger partial charge in [0, 0.05) is 30.5 Å². The summed E-state index contributed by atoms with van der Waals surface area (Å²) in [6.45, 7) is 3.82. The first-order valence-electron chi connectivity index (χ1n) is 6.94. The molecule has 110 valence electrons. The van der Waals surface area contributed by atoms with E-state index in [1.807, 2.05) is 12.1 Å². The molecule has 5 heteroatoms. The van der Waals surface area contributed by atoms with E-state index in [4.69, 9.17) is 15.2 Å². The van der Waals surface area contributed by atoms with Crippen LogP contribution in [0.5, 0.6) is 5.75 Å². The first-order valence-corrected chi connectivity index (χ1v) is 6.94. The lowest BCUT2D eigenvalue weighted by molar-refractivity contribution is -0.124. The van der Waals surface area contributed by atoms with E-state index in [1.165, 1.54) is 0 Å². The monoisotopic (exact) mass is 278 g/mol. The van der Waals surface area contributed by atoms with Crippen molar-refractivity contribution in [3.63, 3.8) is 0 Å². The minimum atomic E-state index is -0.146. The van der Waals surface area contributed by atoms with Gasteiger partial charge in [0.25, 0.3) is 0 Å². The van der Waals surface area contributed by atoms with Crippen molar-refractivity contribution in [2.24, 2.45) is 0 Å². The van der Waals surface area contributed by atoms with E-state index in [9.17, 15) is 4.79 Å². The molecule has 0 aromatic heterocycles. The fourth-order valence-corrected chi connectivity index (χ4v) is 2.21. The zero-order valence-corrected chi connectivity index (χ0v) is 11.9. The third kappa shape index (κ3) is 4.42. The Morgan fingerprint density at radius 2 is 2.20 bits per heavy atom. The average molecular weight is 278 g/mol. The zero-order chi connectivity index (χ0) is 14.4. The number of hydrogen-bond acceptors (Lipinski definition) is 4. The van der Waals surface area contributed by atoms with E-state index in [0.29, 0.717) is 37.7 Å². The molecule has 1 amide bonds. The van der Waals surface area contributed by atoms with E-state index >= 15 is 0 Å². The molecule has 1 saturated heterocycles. The molecule has 3 N–H and O–H groups in total. The summed E-state index contributed by atoms with van der Waals surface area (Å²) in [6.07, 6.45) is 2.05. The van der Waals surface area contributed by atoms with Crippen LogP contribution in [0.25, 0.3) is 0 Å². The number of hydrogen-bond donors (Lipinski definition) is 2. The van der Waals surface area contributed by atoms with Gasteiger partial charge in [-0.1, -0.05) is 6.07 Å². The Kier molecular flexibility index (Phi) is 4.84. The topological polar surface area (TPSA) is 73.6 Å². The van der Waals surface area contributed by atoms with Crippen molar-refractivity contribution >= 4 is 11.6 Å². The normalized spacial score (nSPS) is 17.4. The standard InChI is InChI=1S/C15H22N2O3/c1-15(6-9-19-10-7-15)17-14(18)5-8-20-13-4-2-3-12(16)11-13/h2-4,11H,5-10,16H2,1H3,(H,17,18). The van der Waals surface area contributed by atoms with Crippen molar-refractivity contribution in [1.29, 1.82) is 0 Å². The highest BCUT2D eigenvalue weighted by Crippen LogP contribution is 2.20. The molecule has 0 saturated carbocycles. The van der Waals surface area contributed by atoms with Crippen molar-refractivity contribution < 1.29 is 14.3 Å². The second kappa shape index (κ2) is 6.61. The van der Waals surface area contributed by atoms with Crippen molar-refractivity contribution in [1.82, 2.24) is 5.32 Å². The fraction of sp³-hybridized carbons (Fsp3) is 0.533. The van der Waals surface area contributed by atoms with Crippen LogP contribution in [0.15, 0.2) is 24.3 Å². The summed E-state index contributed by atoms with van der Waals surface area (Å²) in [5, 5.41) is 3.07. The number of amides is 1. The summed E-state index contributed by atoms with van der Waals surface area (Å²) in [6, 6.07) is 7.20. The van der Waals surface area contributed by atoms with Gasteiger partial charge in [-0.3, -0.25) is 4.79 Å². The molecule has 1 aromatic carbocycles. The van der Waals surface area contributed by atoms with Gasteiger partial charge in [-0.05, 0) is 31.9 Å². The fourth-order valence-electron chi connectivity index (χ4n) is 2.21. The smallest absolute Gasteiger partial charge is 0.223 e. The summed E-state index contributed by atoms with van der Waals surface area (Å²) in [7, 11) is 0. The van der Waals surface area contributed by atoms with Crippen LogP contribution in [0.1, 0.15) is 26.2 Å². The Labute approximate surface area is 119 Å². The molecular weight excluding hydrogens is 256 g/mol. The van der Waals surface area contributed by atoms with E-state index < -0.39 is 0 Å². The van der Waals surface area contributed by atoms with Gasteiger partial charge in [-0.15, -0.1) is 0 Å². The maximum atomic E-state index is 11.9. The predicted molar refractivity (Wildman–Crippen MR) is 77.6 cm³/mol. The SMILES string of the molecule is CC1(NC(=O)CCOc2cccc(N)c2)CCOCC1. The van der Waals surface area contributed by atoms with Crippen molar-refractivity contribution in [3.05, 3.63) is 24.3 Å². The van der Waals surface area contributed by atoms with Crippen LogP contribution in [-0.2, 0) is 9.53 Å². The second-order valence-corrected chi connectivity index (χ2v) is 5.39. The molecule has 0 atom stereocenters. The quantitative estimate of drug-likeness (QED) is 0.804. The summed E-state index contributed by atoms with van der Waals surface area (Å²) < 4.78 is 10.8. The van der Waals surface area contributed by atoms with E-state index in [-0.39, 0.29) is 11.4 Å². The van der Waals surface area contributed by atoms with Gasteiger partial charge < -0.3 is 20.5 Å². The van der Waals surface area contributed by atoms with Crippen LogP contribution in [0.2, 0.25) is 0 Å². The second-order valence-electron chi connectivity index (χ2n) is 5.39. The molecular formula is C15H22N2O3. The molecule has 5 nitrogen and oxygen atoms in total. The Balaban J connectivity index is 1.72. The number of ether oxygens (including phenoxy) is 2. The molecule has 1 aromatic rings. The lowest BCUT2D eigenvalue weighted by atomic mass is 9.92. The molecule has 20 heavy (non-hydrogen) atoms. The van der Waals surface area contributed by atoms with Gasteiger partial charge in [-0.2, -0.15) is 0 Å². The highest BCUT2D eigenvalue weighted by Gasteiger charge is 2.28. The highest BCUT2D eigenvalue weighted by atomic mass is 16.5.